The lowest BCUT2D eigenvalue weighted by molar-refractivity contribution is -0.126. The Morgan fingerprint density at radius 2 is 2.24 bits per heavy atom. The highest BCUT2D eigenvalue weighted by Crippen LogP contribution is 2.11. The molecule has 6 heteroatoms. The lowest BCUT2D eigenvalue weighted by Gasteiger charge is -2.26. The number of carbonyl (C=O) groups excluding carboxylic acids is 1. The third-order valence-corrected chi connectivity index (χ3v) is 3.02. The largest absolute Gasteiger partial charge is 0.378 e. The summed E-state index contributed by atoms with van der Waals surface area (Å²) in [5, 5.41) is 6.04. The molecule has 0 aliphatic carbocycles. The fraction of sp³-hybridized carbons (Fsp3) is 0.909. The van der Waals surface area contributed by atoms with Crippen molar-refractivity contribution in [2.45, 2.75) is 31.4 Å². The molecular weight excluding hydrogens is 244 g/mol. The highest BCUT2D eigenvalue weighted by Gasteiger charge is 2.22. The van der Waals surface area contributed by atoms with E-state index in [4.69, 9.17) is 9.47 Å². The van der Waals surface area contributed by atoms with Crippen LogP contribution in [0.2, 0.25) is 0 Å². The molecule has 0 bridgehead atoms. The molecule has 2 saturated heterocycles. The van der Waals surface area contributed by atoms with Crippen molar-refractivity contribution in [3.8, 4) is 0 Å². The van der Waals surface area contributed by atoms with Crippen LogP contribution in [0.3, 0.4) is 0 Å². The third-order valence-electron chi connectivity index (χ3n) is 3.02. The standard InChI is InChI=1S/C11H20N2O3.ClH/c14-11(10-8-15-6-4-12-10)13-7-9-3-1-2-5-16-9;/h9-10,12H,1-8H2,(H,13,14);1H. The Morgan fingerprint density at radius 1 is 1.35 bits per heavy atom. The summed E-state index contributed by atoms with van der Waals surface area (Å²) in [6, 6.07) is -0.197. The molecule has 0 saturated carbocycles. The van der Waals surface area contributed by atoms with E-state index >= 15 is 0 Å². The van der Waals surface area contributed by atoms with Crippen LogP contribution in [0.4, 0.5) is 0 Å². The summed E-state index contributed by atoms with van der Waals surface area (Å²) >= 11 is 0. The van der Waals surface area contributed by atoms with E-state index in [-0.39, 0.29) is 30.5 Å². The van der Waals surface area contributed by atoms with Gasteiger partial charge in [-0.3, -0.25) is 4.79 Å². The van der Waals surface area contributed by atoms with Gasteiger partial charge in [0, 0.05) is 19.7 Å². The van der Waals surface area contributed by atoms with Gasteiger partial charge in [-0.25, -0.2) is 0 Å². The molecule has 2 N–H and O–H groups in total. The first-order chi connectivity index (χ1) is 7.86. The minimum Gasteiger partial charge on any atom is -0.378 e. The Kier molecular flexibility index (Phi) is 6.80. The zero-order valence-electron chi connectivity index (χ0n) is 9.94. The fourth-order valence-corrected chi connectivity index (χ4v) is 2.04. The molecule has 2 aliphatic heterocycles. The molecule has 2 rings (SSSR count). The highest BCUT2D eigenvalue weighted by molar-refractivity contribution is 5.85. The van der Waals surface area contributed by atoms with E-state index in [0.717, 1.165) is 26.0 Å². The number of carbonyl (C=O) groups is 1. The van der Waals surface area contributed by atoms with Crippen LogP contribution >= 0.6 is 12.4 Å². The van der Waals surface area contributed by atoms with E-state index in [2.05, 4.69) is 10.6 Å². The van der Waals surface area contributed by atoms with E-state index in [9.17, 15) is 4.79 Å². The number of hydrogen-bond acceptors (Lipinski definition) is 4. The summed E-state index contributed by atoms with van der Waals surface area (Å²) in [7, 11) is 0. The van der Waals surface area contributed by atoms with Crippen molar-refractivity contribution in [1.29, 1.82) is 0 Å². The molecule has 0 radical (unpaired) electrons. The number of morpholine rings is 1. The maximum atomic E-state index is 11.7. The number of halogens is 1. The number of rotatable bonds is 3. The number of ether oxygens (including phenoxy) is 2. The van der Waals surface area contributed by atoms with Crippen molar-refractivity contribution < 1.29 is 14.3 Å². The number of hydrogen-bond donors (Lipinski definition) is 2. The second-order valence-corrected chi connectivity index (χ2v) is 4.32. The van der Waals surface area contributed by atoms with Crippen molar-refractivity contribution in [2.75, 3.05) is 32.9 Å². The quantitative estimate of drug-likeness (QED) is 0.758. The maximum Gasteiger partial charge on any atom is 0.239 e. The van der Waals surface area contributed by atoms with Crippen LogP contribution in [0.1, 0.15) is 19.3 Å². The second-order valence-electron chi connectivity index (χ2n) is 4.32. The SMILES string of the molecule is Cl.O=C(NCC1CCCCO1)C1COCCN1. The minimum absolute atomic E-state index is 0. The van der Waals surface area contributed by atoms with E-state index in [1.54, 1.807) is 0 Å². The van der Waals surface area contributed by atoms with Gasteiger partial charge < -0.3 is 20.1 Å². The molecule has 5 nitrogen and oxygen atoms in total. The molecule has 2 unspecified atom stereocenters. The van der Waals surface area contributed by atoms with Crippen LogP contribution in [-0.2, 0) is 14.3 Å². The van der Waals surface area contributed by atoms with Gasteiger partial charge in [-0.2, -0.15) is 0 Å². The van der Waals surface area contributed by atoms with Crippen LogP contribution in [0.15, 0.2) is 0 Å². The smallest absolute Gasteiger partial charge is 0.239 e. The molecular formula is C11H21ClN2O3. The highest BCUT2D eigenvalue weighted by atomic mass is 35.5. The normalized spacial score (nSPS) is 29.2. The molecule has 0 aromatic carbocycles. The number of nitrogens with one attached hydrogen (secondary N) is 2. The van der Waals surface area contributed by atoms with Crippen LogP contribution in [0.25, 0.3) is 0 Å². The van der Waals surface area contributed by atoms with Crippen LogP contribution in [0, 0.1) is 0 Å². The van der Waals surface area contributed by atoms with Crippen molar-refractivity contribution in [1.82, 2.24) is 10.6 Å². The number of amides is 1. The summed E-state index contributed by atoms with van der Waals surface area (Å²) in [5.74, 6) is 0.0221. The molecule has 100 valence electrons. The van der Waals surface area contributed by atoms with Gasteiger partial charge in [0.2, 0.25) is 5.91 Å². The first-order valence-corrected chi connectivity index (χ1v) is 6.07. The zero-order valence-corrected chi connectivity index (χ0v) is 10.8. The predicted molar refractivity (Wildman–Crippen MR) is 66.5 cm³/mol. The van der Waals surface area contributed by atoms with Crippen LogP contribution in [-0.4, -0.2) is 51.0 Å². The summed E-state index contributed by atoms with van der Waals surface area (Å²) in [6.45, 7) is 3.35. The first-order valence-electron chi connectivity index (χ1n) is 6.07. The third kappa shape index (κ3) is 4.79. The molecule has 0 aromatic heterocycles. The predicted octanol–water partition coefficient (Wildman–Crippen LogP) is 0.0819. The molecule has 1 amide bonds. The van der Waals surface area contributed by atoms with Crippen molar-refractivity contribution in [3.05, 3.63) is 0 Å². The fourth-order valence-electron chi connectivity index (χ4n) is 2.04. The summed E-state index contributed by atoms with van der Waals surface area (Å²) in [4.78, 5) is 11.7. The Morgan fingerprint density at radius 3 is 2.88 bits per heavy atom. The maximum absolute atomic E-state index is 11.7. The Bertz CT molecular complexity index is 229. The molecule has 2 aliphatic rings. The lowest BCUT2D eigenvalue weighted by Crippen LogP contribution is -2.52. The first kappa shape index (κ1) is 14.7. The average molecular weight is 265 g/mol. The Labute approximate surface area is 108 Å². The topological polar surface area (TPSA) is 59.6 Å². The second kappa shape index (κ2) is 7.87. The van der Waals surface area contributed by atoms with Crippen LogP contribution < -0.4 is 10.6 Å². The Hall–Kier alpha value is -0.360. The molecule has 0 aromatic rings. The molecule has 2 atom stereocenters. The van der Waals surface area contributed by atoms with Gasteiger partial charge >= 0.3 is 0 Å². The van der Waals surface area contributed by atoms with E-state index in [1.165, 1.54) is 6.42 Å². The van der Waals surface area contributed by atoms with Crippen molar-refractivity contribution in [3.63, 3.8) is 0 Å². The summed E-state index contributed by atoms with van der Waals surface area (Å²) in [5.41, 5.74) is 0. The van der Waals surface area contributed by atoms with Gasteiger partial charge in [-0.1, -0.05) is 0 Å². The van der Waals surface area contributed by atoms with Gasteiger partial charge in [-0.15, -0.1) is 12.4 Å². The molecule has 2 heterocycles. The Balaban J connectivity index is 0.00000144. The minimum atomic E-state index is -0.197. The average Bonchev–Trinajstić information content (AvgIpc) is 2.38. The monoisotopic (exact) mass is 264 g/mol. The van der Waals surface area contributed by atoms with Gasteiger partial charge in [0.1, 0.15) is 6.04 Å². The van der Waals surface area contributed by atoms with Crippen LogP contribution in [0.5, 0.6) is 0 Å². The van der Waals surface area contributed by atoms with Crippen molar-refractivity contribution in [2.24, 2.45) is 0 Å². The van der Waals surface area contributed by atoms with E-state index in [1.807, 2.05) is 0 Å². The van der Waals surface area contributed by atoms with E-state index in [0.29, 0.717) is 19.8 Å². The van der Waals surface area contributed by atoms with E-state index < -0.39 is 0 Å². The zero-order chi connectivity index (χ0) is 11.2. The molecule has 2 fully saturated rings. The summed E-state index contributed by atoms with van der Waals surface area (Å²) < 4.78 is 10.8. The lowest BCUT2D eigenvalue weighted by atomic mass is 10.1. The van der Waals surface area contributed by atoms with Gasteiger partial charge in [0.05, 0.1) is 19.3 Å². The molecule has 0 spiro atoms. The van der Waals surface area contributed by atoms with Gasteiger partial charge in [0.15, 0.2) is 0 Å². The van der Waals surface area contributed by atoms with Gasteiger partial charge in [0.25, 0.3) is 0 Å². The summed E-state index contributed by atoms with van der Waals surface area (Å²) in [6.07, 6.45) is 3.59. The molecule has 17 heavy (non-hydrogen) atoms. The van der Waals surface area contributed by atoms with Gasteiger partial charge in [-0.05, 0) is 19.3 Å². The van der Waals surface area contributed by atoms with Crippen molar-refractivity contribution >= 4 is 18.3 Å².